The monoisotopic (exact) mass is 450 g/mol. The van der Waals surface area contributed by atoms with Crippen LogP contribution < -0.4 is 10.2 Å². The van der Waals surface area contributed by atoms with Crippen molar-refractivity contribution in [3.63, 3.8) is 0 Å². The van der Waals surface area contributed by atoms with Crippen LogP contribution in [0.25, 0.3) is 0 Å². The Kier molecular flexibility index (Phi) is 7.81. The molecule has 1 atom stereocenters. The van der Waals surface area contributed by atoms with Crippen molar-refractivity contribution in [1.29, 1.82) is 0 Å². The standard InChI is InChI=1S/C26H38N6O/c1-20(2)25-28-21(3)16-24(29-25)31-12-14-32(15-13-31)26(33)27-17-23-10-7-11-30(19-23)18-22-8-5-4-6-9-22/h4-6,8-9,16,20,23H,7,10-15,17-19H2,1-3H3,(H,27,33). The molecule has 2 aliphatic heterocycles. The quantitative estimate of drug-likeness (QED) is 0.728. The Morgan fingerprint density at radius 1 is 1.09 bits per heavy atom. The largest absolute Gasteiger partial charge is 0.353 e. The minimum Gasteiger partial charge on any atom is -0.353 e. The van der Waals surface area contributed by atoms with Crippen LogP contribution in [0.15, 0.2) is 36.4 Å². The van der Waals surface area contributed by atoms with Crippen LogP contribution in [0.1, 0.15) is 49.7 Å². The number of carbonyl (C=O) groups excluding carboxylic acids is 1. The van der Waals surface area contributed by atoms with Gasteiger partial charge in [-0.15, -0.1) is 0 Å². The Balaban J connectivity index is 1.22. The minimum atomic E-state index is 0.0663. The first kappa shape index (κ1) is 23.5. The van der Waals surface area contributed by atoms with E-state index in [2.05, 4.69) is 64.3 Å². The number of amides is 2. The lowest BCUT2D eigenvalue weighted by molar-refractivity contribution is 0.159. The number of benzene rings is 1. The van der Waals surface area contributed by atoms with Gasteiger partial charge in [0.1, 0.15) is 11.6 Å². The Hall–Kier alpha value is -2.67. The van der Waals surface area contributed by atoms with Gasteiger partial charge in [-0.05, 0) is 37.8 Å². The van der Waals surface area contributed by atoms with Crippen molar-refractivity contribution in [2.75, 3.05) is 50.7 Å². The van der Waals surface area contributed by atoms with E-state index in [1.807, 2.05) is 17.9 Å². The predicted molar refractivity (Wildman–Crippen MR) is 132 cm³/mol. The van der Waals surface area contributed by atoms with Crippen molar-refractivity contribution in [3.05, 3.63) is 53.5 Å². The van der Waals surface area contributed by atoms with Crippen molar-refractivity contribution in [2.24, 2.45) is 5.92 Å². The zero-order chi connectivity index (χ0) is 23.2. The van der Waals surface area contributed by atoms with Crippen LogP contribution in [0.3, 0.4) is 0 Å². The van der Waals surface area contributed by atoms with Gasteiger partial charge in [0.15, 0.2) is 0 Å². The molecule has 0 spiro atoms. The van der Waals surface area contributed by atoms with E-state index >= 15 is 0 Å². The number of aromatic nitrogens is 2. The summed E-state index contributed by atoms with van der Waals surface area (Å²) in [5, 5.41) is 3.21. The molecule has 0 radical (unpaired) electrons. The second-order valence-corrected chi connectivity index (χ2v) is 9.77. The fourth-order valence-electron chi connectivity index (χ4n) is 4.78. The summed E-state index contributed by atoms with van der Waals surface area (Å²) in [4.78, 5) is 28.8. The number of hydrogen-bond donors (Lipinski definition) is 1. The molecule has 2 saturated heterocycles. The van der Waals surface area contributed by atoms with Gasteiger partial charge in [-0.2, -0.15) is 0 Å². The van der Waals surface area contributed by atoms with Gasteiger partial charge in [-0.3, -0.25) is 4.90 Å². The van der Waals surface area contributed by atoms with Gasteiger partial charge in [0, 0.05) is 63.5 Å². The van der Waals surface area contributed by atoms with Crippen LogP contribution >= 0.6 is 0 Å². The van der Waals surface area contributed by atoms with E-state index in [4.69, 9.17) is 4.98 Å². The Bertz CT molecular complexity index is 910. The molecule has 33 heavy (non-hydrogen) atoms. The Labute approximate surface area is 198 Å². The third-order valence-corrected chi connectivity index (χ3v) is 6.66. The van der Waals surface area contributed by atoms with Crippen LogP contribution in [0.4, 0.5) is 10.6 Å². The summed E-state index contributed by atoms with van der Waals surface area (Å²) in [6.07, 6.45) is 2.38. The summed E-state index contributed by atoms with van der Waals surface area (Å²) >= 11 is 0. The zero-order valence-electron chi connectivity index (χ0n) is 20.3. The number of carbonyl (C=O) groups is 1. The Morgan fingerprint density at radius 3 is 2.58 bits per heavy atom. The van der Waals surface area contributed by atoms with E-state index in [0.29, 0.717) is 11.8 Å². The lowest BCUT2D eigenvalue weighted by Gasteiger charge is -2.36. The van der Waals surface area contributed by atoms with Crippen LogP contribution in [0.2, 0.25) is 0 Å². The van der Waals surface area contributed by atoms with Gasteiger partial charge in [-0.25, -0.2) is 14.8 Å². The molecule has 1 aromatic carbocycles. The topological polar surface area (TPSA) is 64.6 Å². The molecule has 2 amide bonds. The molecule has 1 N–H and O–H groups in total. The highest BCUT2D eigenvalue weighted by Gasteiger charge is 2.25. The van der Waals surface area contributed by atoms with E-state index in [-0.39, 0.29) is 6.03 Å². The van der Waals surface area contributed by atoms with Gasteiger partial charge < -0.3 is 15.1 Å². The van der Waals surface area contributed by atoms with Crippen molar-refractivity contribution in [3.8, 4) is 0 Å². The molecule has 3 heterocycles. The molecule has 1 unspecified atom stereocenters. The predicted octanol–water partition coefficient (Wildman–Crippen LogP) is 3.65. The number of piperazine rings is 1. The number of nitrogens with zero attached hydrogens (tertiary/aromatic N) is 5. The molecule has 0 bridgehead atoms. The number of piperidine rings is 1. The fourth-order valence-corrected chi connectivity index (χ4v) is 4.78. The molecule has 178 valence electrons. The van der Waals surface area contributed by atoms with Crippen molar-refractivity contribution >= 4 is 11.8 Å². The number of aryl methyl sites for hydroxylation is 1. The highest BCUT2D eigenvalue weighted by molar-refractivity contribution is 5.74. The molecular formula is C26H38N6O. The summed E-state index contributed by atoms with van der Waals surface area (Å²) in [6.45, 7) is 13.2. The normalized spacial score (nSPS) is 19.7. The summed E-state index contributed by atoms with van der Waals surface area (Å²) in [7, 11) is 0. The number of nitrogens with one attached hydrogen (secondary N) is 1. The van der Waals surface area contributed by atoms with Crippen LogP contribution in [-0.4, -0.2) is 71.6 Å². The van der Waals surface area contributed by atoms with Gasteiger partial charge in [0.05, 0.1) is 0 Å². The molecule has 4 rings (SSSR count). The molecule has 2 aromatic rings. The molecule has 0 saturated carbocycles. The van der Waals surface area contributed by atoms with E-state index in [0.717, 1.165) is 69.7 Å². The van der Waals surface area contributed by atoms with Crippen molar-refractivity contribution < 1.29 is 4.79 Å². The van der Waals surface area contributed by atoms with Crippen LogP contribution in [0.5, 0.6) is 0 Å². The van der Waals surface area contributed by atoms with Crippen molar-refractivity contribution in [1.82, 2.24) is 25.1 Å². The lowest BCUT2D eigenvalue weighted by atomic mass is 9.97. The first-order valence-electron chi connectivity index (χ1n) is 12.4. The molecule has 1 aromatic heterocycles. The summed E-state index contributed by atoms with van der Waals surface area (Å²) in [5.74, 6) is 2.69. The first-order chi connectivity index (χ1) is 16.0. The maximum Gasteiger partial charge on any atom is 0.317 e. The second kappa shape index (κ2) is 11.0. The number of urea groups is 1. The van der Waals surface area contributed by atoms with E-state index in [1.54, 1.807) is 0 Å². The van der Waals surface area contributed by atoms with Crippen LogP contribution in [0, 0.1) is 12.8 Å². The van der Waals surface area contributed by atoms with Gasteiger partial charge in [-0.1, -0.05) is 44.2 Å². The summed E-state index contributed by atoms with van der Waals surface area (Å²) in [6, 6.07) is 12.8. The third kappa shape index (κ3) is 6.44. The van der Waals surface area contributed by atoms with Crippen LogP contribution in [-0.2, 0) is 6.54 Å². The zero-order valence-corrected chi connectivity index (χ0v) is 20.3. The van der Waals surface area contributed by atoms with Gasteiger partial charge in [0.25, 0.3) is 0 Å². The molecule has 7 nitrogen and oxygen atoms in total. The highest BCUT2D eigenvalue weighted by Crippen LogP contribution is 2.20. The molecule has 7 heteroatoms. The molecule has 2 aliphatic rings. The average molecular weight is 451 g/mol. The first-order valence-corrected chi connectivity index (χ1v) is 12.4. The van der Waals surface area contributed by atoms with E-state index in [9.17, 15) is 4.79 Å². The summed E-state index contributed by atoms with van der Waals surface area (Å²) < 4.78 is 0. The molecule has 0 aliphatic carbocycles. The maximum atomic E-state index is 12.8. The van der Waals surface area contributed by atoms with E-state index in [1.165, 1.54) is 18.4 Å². The van der Waals surface area contributed by atoms with E-state index < -0.39 is 0 Å². The minimum absolute atomic E-state index is 0.0663. The number of likely N-dealkylation sites (tertiary alicyclic amines) is 1. The molecular weight excluding hydrogens is 412 g/mol. The summed E-state index contributed by atoms with van der Waals surface area (Å²) in [5.41, 5.74) is 2.36. The maximum absolute atomic E-state index is 12.8. The lowest BCUT2D eigenvalue weighted by Crippen LogP contribution is -2.53. The number of hydrogen-bond acceptors (Lipinski definition) is 5. The Morgan fingerprint density at radius 2 is 1.85 bits per heavy atom. The third-order valence-electron chi connectivity index (χ3n) is 6.66. The van der Waals surface area contributed by atoms with Crippen molar-refractivity contribution in [2.45, 2.75) is 46.1 Å². The van der Waals surface area contributed by atoms with Gasteiger partial charge in [0.2, 0.25) is 0 Å². The smallest absolute Gasteiger partial charge is 0.317 e. The number of rotatable bonds is 6. The fraction of sp³-hybridized carbons (Fsp3) is 0.577. The second-order valence-electron chi connectivity index (χ2n) is 9.77. The molecule has 2 fully saturated rings. The average Bonchev–Trinajstić information content (AvgIpc) is 2.83. The SMILES string of the molecule is Cc1cc(N2CCN(C(=O)NCC3CCCN(Cc4ccccc4)C3)CC2)nc(C(C)C)n1. The highest BCUT2D eigenvalue weighted by atomic mass is 16.2. The number of anilines is 1. The van der Waals surface area contributed by atoms with Gasteiger partial charge >= 0.3 is 6.03 Å².